The minimum absolute atomic E-state index is 0.111. The van der Waals surface area contributed by atoms with Crippen LogP contribution in [0, 0.1) is 6.92 Å². The minimum atomic E-state index is -0.111. The van der Waals surface area contributed by atoms with Crippen LogP contribution in [0.1, 0.15) is 28.9 Å². The lowest BCUT2D eigenvalue weighted by Gasteiger charge is -2.04. The van der Waals surface area contributed by atoms with E-state index < -0.39 is 0 Å². The second kappa shape index (κ2) is 6.14. The number of nitrogens with zero attached hydrogens (tertiary/aromatic N) is 1. The van der Waals surface area contributed by atoms with Gasteiger partial charge in [0.25, 0.3) is 5.91 Å². The van der Waals surface area contributed by atoms with E-state index in [9.17, 15) is 4.79 Å². The molecule has 0 spiro atoms. The number of aliphatic hydroxyl groups excluding tert-OH is 1. The van der Waals surface area contributed by atoms with Crippen molar-refractivity contribution in [2.45, 2.75) is 19.8 Å². The fourth-order valence-corrected chi connectivity index (χ4v) is 1.14. The molecule has 0 fully saturated rings. The standard InChI is InChI=1S/C11H16N2O2/c1-9-4-5-10(8-13-9)11(15)12-6-2-3-7-14/h4-5,8,14H,2-3,6-7H2,1H3,(H,12,15). The first-order chi connectivity index (χ1) is 7.24. The molecular weight excluding hydrogens is 192 g/mol. The second-order valence-electron chi connectivity index (χ2n) is 3.37. The number of nitrogens with one attached hydrogen (secondary N) is 1. The molecule has 0 unspecified atom stereocenters. The molecule has 1 heterocycles. The molecule has 4 heteroatoms. The van der Waals surface area contributed by atoms with Crippen molar-refractivity contribution in [3.05, 3.63) is 29.6 Å². The molecule has 1 rings (SSSR count). The van der Waals surface area contributed by atoms with E-state index in [1.807, 2.05) is 13.0 Å². The molecule has 0 atom stereocenters. The van der Waals surface area contributed by atoms with Crippen LogP contribution in [0.4, 0.5) is 0 Å². The van der Waals surface area contributed by atoms with Gasteiger partial charge in [-0.3, -0.25) is 9.78 Å². The van der Waals surface area contributed by atoms with Crippen molar-refractivity contribution in [1.29, 1.82) is 0 Å². The van der Waals surface area contributed by atoms with E-state index in [1.54, 1.807) is 12.3 Å². The van der Waals surface area contributed by atoms with Crippen molar-refractivity contribution in [1.82, 2.24) is 10.3 Å². The van der Waals surface area contributed by atoms with E-state index in [0.717, 1.165) is 12.1 Å². The first kappa shape index (κ1) is 11.7. The van der Waals surface area contributed by atoms with E-state index in [1.165, 1.54) is 0 Å². The van der Waals surface area contributed by atoms with Gasteiger partial charge in [0, 0.05) is 25.0 Å². The molecule has 0 aliphatic rings. The van der Waals surface area contributed by atoms with Crippen molar-refractivity contribution >= 4 is 5.91 Å². The van der Waals surface area contributed by atoms with Crippen molar-refractivity contribution < 1.29 is 9.90 Å². The van der Waals surface area contributed by atoms with Gasteiger partial charge in [-0.2, -0.15) is 0 Å². The molecule has 0 saturated heterocycles. The van der Waals surface area contributed by atoms with Gasteiger partial charge in [-0.05, 0) is 31.9 Å². The van der Waals surface area contributed by atoms with Crippen LogP contribution in [0.3, 0.4) is 0 Å². The van der Waals surface area contributed by atoms with Crippen LogP contribution in [0.2, 0.25) is 0 Å². The summed E-state index contributed by atoms with van der Waals surface area (Å²) in [6, 6.07) is 3.56. The summed E-state index contributed by atoms with van der Waals surface area (Å²) < 4.78 is 0. The number of carbonyl (C=O) groups is 1. The fraction of sp³-hybridized carbons (Fsp3) is 0.455. The van der Waals surface area contributed by atoms with E-state index in [4.69, 9.17) is 5.11 Å². The number of aromatic nitrogens is 1. The number of hydrogen-bond donors (Lipinski definition) is 2. The smallest absolute Gasteiger partial charge is 0.252 e. The number of aryl methyl sites for hydroxylation is 1. The SMILES string of the molecule is Cc1ccc(C(=O)NCCCCO)cn1. The van der Waals surface area contributed by atoms with Gasteiger partial charge in [0.15, 0.2) is 0 Å². The molecule has 2 N–H and O–H groups in total. The van der Waals surface area contributed by atoms with Gasteiger partial charge in [0.1, 0.15) is 0 Å². The van der Waals surface area contributed by atoms with Crippen LogP contribution in [0.15, 0.2) is 18.3 Å². The molecule has 0 radical (unpaired) electrons. The lowest BCUT2D eigenvalue weighted by Crippen LogP contribution is -2.24. The Morgan fingerprint density at radius 2 is 2.27 bits per heavy atom. The number of hydrogen-bond acceptors (Lipinski definition) is 3. The number of rotatable bonds is 5. The van der Waals surface area contributed by atoms with E-state index in [-0.39, 0.29) is 12.5 Å². The average Bonchev–Trinajstić information content (AvgIpc) is 2.25. The van der Waals surface area contributed by atoms with Crippen LogP contribution in [0.5, 0.6) is 0 Å². The third-order valence-corrected chi connectivity index (χ3v) is 2.04. The molecule has 1 aromatic rings. The number of aliphatic hydroxyl groups is 1. The Labute approximate surface area is 89.3 Å². The molecule has 0 aromatic carbocycles. The third-order valence-electron chi connectivity index (χ3n) is 2.04. The summed E-state index contributed by atoms with van der Waals surface area (Å²) in [6.07, 6.45) is 3.07. The first-order valence-electron chi connectivity index (χ1n) is 5.06. The van der Waals surface area contributed by atoms with Crippen LogP contribution < -0.4 is 5.32 Å². The predicted molar refractivity (Wildman–Crippen MR) is 57.6 cm³/mol. The Morgan fingerprint density at radius 3 is 2.87 bits per heavy atom. The maximum atomic E-state index is 11.5. The Kier molecular flexibility index (Phi) is 4.77. The molecule has 1 aromatic heterocycles. The van der Waals surface area contributed by atoms with Crippen molar-refractivity contribution in [2.75, 3.05) is 13.2 Å². The Bertz CT molecular complexity index is 309. The summed E-state index contributed by atoms with van der Waals surface area (Å²) in [6.45, 7) is 2.64. The average molecular weight is 208 g/mol. The maximum absolute atomic E-state index is 11.5. The molecule has 0 aliphatic heterocycles. The van der Waals surface area contributed by atoms with Crippen molar-refractivity contribution in [3.8, 4) is 0 Å². The van der Waals surface area contributed by atoms with Crippen LogP contribution in [-0.4, -0.2) is 29.1 Å². The number of carbonyl (C=O) groups excluding carboxylic acids is 1. The Hall–Kier alpha value is -1.42. The second-order valence-corrected chi connectivity index (χ2v) is 3.37. The molecule has 4 nitrogen and oxygen atoms in total. The van der Waals surface area contributed by atoms with Gasteiger partial charge in [0.05, 0.1) is 5.56 Å². The van der Waals surface area contributed by atoms with Gasteiger partial charge in [-0.15, -0.1) is 0 Å². The van der Waals surface area contributed by atoms with Crippen LogP contribution in [0.25, 0.3) is 0 Å². The monoisotopic (exact) mass is 208 g/mol. The summed E-state index contributed by atoms with van der Waals surface area (Å²) in [5.74, 6) is -0.111. The fourth-order valence-electron chi connectivity index (χ4n) is 1.14. The summed E-state index contributed by atoms with van der Waals surface area (Å²) in [5, 5.41) is 11.3. The first-order valence-corrected chi connectivity index (χ1v) is 5.06. The highest BCUT2D eigenvalue weighted by molar-refractivity contribution is 5.93. The number of unbranched alkanes of at least 4 members (excludes halogenated alkanes) is 1. The van der Waals surface area contributed by atoms with Gasteiger partial charge in [-0.25, -0.2) is 0 Å². The summed E-state index contributed by atoms with van der Waals surface area (Å²) in [4.78, 5) is 15.5. The number of pyridine rings is 1. The van der Waals surface area contributed by atoms with E-state index >= 15 is 0 Å². The highest BCUT2D eigenvalue weighted by Gasteiger charge is 2.03. The summed E-state index contributed by atoms with van der Waals surface area (Å²) in [5.41, 5.74) is 1.47. The molecule has 0 aliphatic carbocycles. The minimum Gasteiger partial charge on any atom is -0.396 e. The largest absolute Gasteiger partial charge is 0.396 e. The molecule has 0 saturated carbocycles. The van der Waals surface area contributed by atoms with Crippen LogP contribution in [-0.2, 0) is 0 Å². The zero-order chi connectivity index (χ0) is 11.1. The van der Waals surface area contributed by atoms with E-state index in [2.05, 4.69) is 10.3 Å². The maximum Gasteiger partial charge on any atom is 0.252 e. The molecule has 0 bridgehead atoms. The van der Waals surface area contributed by atoms with Crippen LogP contribution >= 0.6 is 0 Å². The Balaban J connectivity index is 2.37. The van der Waals surface area contributed by atoms with Gasteiger partial charge in [0.2, 0.25) is 0 Å². The van der Waals surface area contributed by atoms with Gasteiger partial charge >= 0.3 is 0 Å². The third kappa shape index (κ3) is 4.08. The molecular formula is C11H16N2O2. The zero-order valence-corrected chi connectivity index (χ0v) is 8.86. The van der Waals surface area contributed by atoms with Gasteiger partial charge in [-0.1, -0.05) is 0 Å². The van der Waals surface area contributed by atoms with E-state index in [0.29, 0.717) is 18.5 Å². The quantitative estimate of drug-likeness (QED) is 0.706. The summed E-state index contributed by atoms with van der Waals surface area (Å²) >= 11 is 0. The zero-order valence-electron chi connectivity index (χ0n) is 8.86. The van der Waals surface area contributed by atoms with Crippen molar-refractivity contribution in [3.63, 3.8) is 0 Å². The lowest BCUT2D eigenvalue weighted by atomic mass is 10.2. The normalized spacial score (nSPS) is 10.0. The van der Waals surface area contributed by atoms with Crippen molar-refractivity contribution in [2.24, 2.45) is 0 Å². The molecule has 15 heavy (non-hydrogen) atoms. The molecule has 1 amide bonds. The Morgan fingerprint density at radius 1 is 1.47 bits per heavy atom. The lowest BCUT2D eigenvalue weighted by molar-refractivity contribution is 0.0951. The van der Waals surface area contributed by atoms with Gasteiger partial charge < -0.3 is 10.4 Å². The summed E-state index contributed by atoms with van der Waals surface area (Å²) in [7, 11) is 0. The predicted octanol–water partition coefficient (Wildman–Crippen LogP) is 0.892. The molecule has 82 valence electrons. The number of amides is 1. The highest BCUT2D eigenvalue weighted by atomic mass is 16.2. The topological polar surface area (TPSA) is 62.2 Å². The highest BCUT2D eigenvalue weighted by Crippen LogP contribution is 1.99.